The van der Waals surface area contributed by atoms with Gasteiger partial charge in [-0.1, -0.05) is 6.92 Å². The van der Waals surface area contributed by atoms with E-state index in [2.05, 4.69) is 15.5 Å². The van der Waals surface area contributed by atoms with Crippen molar-refractivity contribution in [2.24, 2.45) is 0 Å². The zero-order chi connectivity index (χ0) is 8.81. The molecule has 0 radical (unpaired) electrons. The highest BCUT2D eigenvalue weighted by Crippen LogP contribution is 1.85. The molecule has 0 aliphatic heterocycles. The number of rotatable bonds is 4. The fraction of sp³-hybridized carbons (Fsp3) is 0.667. The van der Waals surface area contributed by atoms with Crippen molar-refractivity contribution in [1.82, 2.24) is 20.2 Å². The third-order valence-corrected chi connectivity index (χ3v) is 1.15. The summed E-state index contributed by atoms with van der Waals surface area (Å²) in [6.45, 7) is 2.46. The van der Waals surface area contributed by atoms with E-state index in [1.54, 1.807) is 0 Å². The van der Waals surface area contributed by atoms with Crippen molar-refractivity contribution in [3.63, 3.8) is 0 Å². The van der Waals surface area contributed by atoms with Crippen LogP contribution in [0.2, 0.25) is 0 Å². The van der Waals surface area contributed by atoms with Crippen LogP contribution in [0.3, 0.4) is 0 Å². The molecule has 0 spiro atoms. The van der Waals surface area contributed by atoms with Gasteiger partial charge >= 0.3 is 5.97 Å². The van der Waals surface area contributed by atoms with Gasteiger partial charge in [-0.25, -0.2) is 4.68 Å². The molecular weight excluding hydrogens is 160 g/mol. The highest BCUT2D eigenvalue weighted by Gasteiger charge is 2.03. The molecule has 66 valence electrons. The molecule has 1 rings (SSSR count). The van der Waals surface area contributed by atoms with Crippen molar-refractivity contribution in [1.29, 1.82) is 0 Å². The Kier molecular flexibility index (Phi) is 3.18. The number of tetrazole rings is 1. The zero-order valence-corrected chi connectivity index (χ0v) is 6.80. The lowest BCUT2D eigenvalue weighted by molar-refractivity contribution is -0.144. The lowest BCUT2D eigenvalue weighted by Gasteiger charge is -2.00. The molecule has 6 heteroatoms. The van der Waals surface area contributed by atoms with E-state index < -0.39 is 0 Å². The lowest BCUT2D eigenvalue weighted by atomic mass is 10.5. The van der Waals surface area contributed by atoms with E-state index in [1.807, 2.05) is 6.92 Å². The smallest absolute Gasteiger partial charge is 0.327 e. The Labute approximate surface area is 69.5 Å². The summed E-state index contributed by atoms with van der Waals surface area (Å²) in [6.07, 6.45) is 2.19. The molecule has 0 aliphatic carbocycles. The van der Waals surface area contributed by atoms with Gasteiger partial charge in [-0.2, -0.15) is 0 Å². The number of carbonyl (C=O) groups is 1. The van der Waals surface area contributed by atoms with Crippen LogP contribution in [0.4, 0.5) is 0 Å². The predicted octanol–water partition coefficient (Wildman–Crippen LogP) is -0.374. The molecule has 0 aromatic carbocycles. The Hall–Kier alpha value is -1.46. The van der Waals surface area contributed by atoms with Gasteiger partial charge in [-0.15, -0.1) is 5.10 Å². The lowest BCUT2D eigenvalue weighted by Crippen LogP contribution is -2.14. The van der Waals surface area contributed by atoms with Gasteiger partial charge in [-0.3, -0.25) is 4.79 Å². The molecule has 0 fully saturated rings. The van der Waals surface area contributed by atoms with Crippen molar-refractivity contribution in [2.45, 2.75) is 19.9 Å². The van der Waals surface area contributed by atoms with Crippen molar-refractivity contribution in [3.8, 4) is 0 Å². The number of ether oxygens (including phenoxy) is 1. The Morgan fingerprint density at radius 1 is 1.67 bits per heavy atom. The Morgan fingerprint density at radius 2 is 2.50 bits per heavy atom. The van der Waals surface area contributed by atoms with E-state index in [1.165, 1.54) is 11.0 Å². The van der Waals surface area contributed by atoms with Gasteiger partial charge in [0, 0.05) is 0 Å². The minimum Gasteiger partial charge on any atom is -0.464 e. The van der Waals surface area contributed by atoms with Gasteiger partial charge in [0.15, 0.2) is 0 Å². The van der Waals surface area contributed by atoms with Crippen LogP contribution in [-0.4, -0.2) is 32.8 Å². The summed E-state index contributed by atoms with van der Waals surface area (Å²) in [4.78, 5) is 10.9. The minimum absolute atomic E-state index is 0.0764. The van der Waals surface area contributed by atoms with Crippen molar-refractivity contribution in [3.05, 3.63) is 6.33 Å². The van der Waals surface area contributed by atoms with Crippen LogP contribution in [-0.2, 0) is 16.1 Å². The third kappa shape index (κ3) is 2.65. The largest absolute Gasteiger partial charge is 0.464 e. The Balaban J connectivity index is 2.27. The second-order valence-electron chi connectivity index (χ2n) is 2.23. The average molecular weight is 170 g/mol. The van der Waals surface area contributed by atoms with E-state index in [4.69, 9.17) is 4.74 Å². The molecule has 0 saturated carbocycles. The molecule has 12 heavy (non-hydrogen) atoms. The second kappa shape index (κ2) is 4.42. The molecule has 1 aromatic rings. The summed E-state index contributed by atoms with van der Waals surface area (Å²) in [5.74, 6) is -0.316. The van der Waals surface area contributed by atoms with E-state index in [-0.39, 0.29) is 12.5 Å². The number of esters is 1. The third-order valence-electron chi connectivity index (χ3n) is 1.15. The number of aromatic nitrogens is 4. The van der Waals surface area contributed by atoms with Crippen LogP contribution in [0.5, 0.6) is 0 Å². The maximum absolute atomic E-state index is 10.9. The molecule has 6 nitrogen and oxygen atoms in total. The number of nitrogens with zero attached hydrogens (tertiary/aromatic N) is 4. The van der Waals surface area contributed by atoms with Crippen LogP contribution in [0.1, 0.15) is 13.3 Å². The summed E-state index contributed by atoms with van der Waals surface area (Å²) in [5, 5.41) is 10.3. The molecule has 0 N–H and O–H groups in total. The summed E-state index contributed by atoms with van der Waals surface area (Å²) < 4.78 is 6.13. The second-order valence-corrected chi connectivity index (χ2v) is 2.23. The summed E-state index contributed by atoms with van der Waals surface area (Å²) in [5.41, 5.74) is 0. The van der Waals surface area contributed by atoms with Crippen LogP contribution in [0, 0.1) is 0 Å². The van der Waals surface area contributed by atoms with Gasteiger partial charge in [-0.05, 0) is 16.8 Å². The molecule has 1 aromatic heterocycles. The number of hydrogen-bond donors (Lipinski definition) is 0. The average Bonchev–Trinajstić information content (AvgIpc) is 2.53. The molecule has 1 heterocycles. The van der Waals surface area contributed by atoms with Crippen molar-refractivity contribution in [2.75, 3.05) is 6.61 Å². The van der Waals surface area contributed by atoms with Crippen molar-refractivity contribution < 1.29 is 9.53 Å². The standard InChI is InChI=1S/C6H10N4O2/c1-2-3-12-6(11)4-10-5-7-8-9-10/h5H,2-4H2,1H3. The summed E-state index contributed by atoms with van der Waals surface area (Å²) >= 11 is 0. The van der Waals surface area contributed by atoms with Crippen molar-refractivity contribution >= 4 is 5.97 Å². The van der Waals surface area contributed by atoms with Gasteiger partial charge in [0.25, 0.3) is 0 Å². The van der Waals surface area contributed by atoms with Crippen LogP contribution >= 0.6 is 0 Å². The molecule has 0 atom stereocenters. The first-order chi connectivity index (χ1) is 5.83. The number of hydrogen-bond acceptors (Lipinski definition) is 5. The van der Waals surface area contributed by atoms with E-state index in [0.29, 0.717) is 6.61 Å². The first kappa shape index (κ1) is 8.63. The maximum Gasteiger partial charge on any atom is 0.327 e. The Morgan fingerprint density at radius 3 is 3.08 bits per heavy atom. The van der Waals surface area contributed by atoms with Gasteiger partial charge in [0.05, 0.1) is 6.61 Å². The van der Waals surface area contributed by atoms with Gasteiger partial charge < -0.3 is 4.74 Å². The van der Waals surface area contributed by atoms with E-state index in [9.17, 15) is 4.79 Å². The first-order valence-corrected chi connectivity index (χ1v) is 3.69. The number of carbonyl (C=O) groups excluding carboxylic acids is 1. The first-order valence-electron chi connectivity index (χ1n) is 3.69. The van der Waals surface area contributed by atoms with Gasteiger partial charge in [0.2, 0.25) is 0 Å². The molecule has 0 saturated heterocycles. The van der Waals surface area contributed by atoms with Crippen LogP contribution < -0.4 is 0 Å². The Bertz CT molecular complexity index is 234. The SMILES string of the molecule is CCCOC(=O)Cn1cnnn1. The highest BCUT2D eigenvalue weighted by atomic mass is 16.5. The van der Waals surface area contributed by atoms with Crippen LogP contribution in [0.25, 0.3) is 0 Å². The fourth-order valence-electron chi connectivity index (χ4n) is 0.647. The fourth-order valence-corrected chi connectivity index (χ4v) is 0.647. The van der Waals surface area contributed by atoms with Crippen LogP contribution in [0.15, 0.2) is 6.33 Å². The molecule has 0 unspecified atom stereocenters. The van der Waals surface area contributed by atoms with E-state index >= 15 is 0 Å². The normalized spacial score (nSPS) is 9.75. The molecule has 0 aliphatic rings. The summed E-state index contributed by atoms with van der Waals surface area (Å²) in [7, 11) is 0. The molecular formula is C6H10N4O2. The highest BCUT2D eigenvalue weighted by molar-refractivity contribution is 5.68. The topological polar surface area (TPSA) is 69.9 Å². The quantitative estimate of drug-likeness (QED) is 0.576. The maximum atomic E-state index is 10.9. The zero-order valence-electron chi connectivity index (χ0n) is 6.80. The monoisotopic (exact) mass is 170 g/mol. The molecule has 0 amide bonds. The minimum atomic E-state index is -0.316. The van der Waals surface area contributed by atoms with E-state index in [0.717, 1.165) is 6.42 Å². The predicted molar refractivity (Wildman–Crippen MR) is 39.1 cm³/mol. The summed E-state index contributed by atoms with van der Waals surface area (Å²) in [6, 6.07) is 0. The molecule has 0 bridgehead atoms. The van der Waals surface area contributed by atoms with Gasteiger partial charge in [0.1, 0.15) is 12.9 Å².